The first-order valence-corrected chi connectivity index (χ1v) is 3.72. The van der Waals surface area contributed by atoms with Gasteiger partial charge in [0.15, 0.2) is 5.60 Å². The lowest BCUT2D eigenvalue weighted by Gasteiger charge is -2.21. The number of nitrogens with one attached hydrogen (secondary N) is 1. The zero-order valence-corrected chi connectivity index (χ0v) is 6.52. The second-order valence-electron chi connectivity index (χ2n) is 3.05. The molecule has 1 saturated heterocycles. The Hall–Kier alpha value is -1.62. The largest absolute Gasteiger partial charge is 0.508 e. The Labute approximate surface area is 73.4 Å². The van der Waals surface area contributed by atoms with Gasteiger partial charge in [-0.3, -0.25) is 14.9 Å². The molecule has 13 heavy (non-hydrogen) atoms. The Balaban J connectivity index is 2.49. The van der Waals surface area contributed by atoms with Gasteiger partial charge in [-0.25, -0.2) is 0 Å². The first-order chi connectivity index (χ1) is 6.04. The number of imide groups is 1. The van der Waals surface area contributed by atoms with Crippen LogP contribution in [0.1, 0.15) is 0 Å². The maximum Gasteiger partial charge on any atom is 0.263 e. The summed E-state index contributed by atoms with van der Waals surface area (Å²) in [5.41, 5.74) is -1.82. The minimum absolute atomic E-state index is 0.125. The quantitative estimate of drug-likeness (QED) is 0.418. The summed E-state index contributed by atoms with van der Waals surface area (Å²) in [6.45, 7) is 0. The summed E-state index contributed by atoms with van der Waals surface area (Å²) in [5.74, 6) is -2.48. The molecule has 5 nitrogen and oxygen atoms in total. The van der Waals surface area contributed by atoms with E-state index in [4.69, 9.17) is 5.11 Å². The van der Waals surface area contributed by atoms with E-state index in [-0.39, 0.29) is 5.76 Å². The second-order valence-corrected chi connectivity index (χ2v) is 3.05. The van der Waals surface area contributed by atoms with Crippen molar-refractivity contribution < 1.29 is 19.8 Å². The van der Waals surface area contributed by atoms with E-state index in [1.807, 2.05) is 5.32 Å². The number of aliphatic hydroxyl groups is 2. The van der Waals surface area contributed by atoms with Gasteiger partial charge in [0.1, 0.15) is 11.7 Å². The summed E-state index contributed by atoms with van der Waals surface area (Å²) in [7, 11) is 0. The summed E-state index contributed by atoms with van der Waals surface area (Å²) in [6, 6.07) is 0. The van der Waals surface area contributed by atoms with E-state index in [0.717, 1.165) is 12.2 Å². The topological polar surface area (TPSA) is 86.6 Å². The lowest BCUT2D eigenvalue weighted by Crippen LogP contribution is -2.41. The first-order valence-electron chi connectivity index (χ1n) is 3.72. The molecule has 68 valence electrons. The monoisotopic (exact) mass is 181 g/mol. The number of carbonyl (C=O) groups is 2. The fraction of sp³-hybridized carbons (Fsp3) is 0.250. The number of carbonyl (C=O) groups excluding carboxylic acids is 2. The van der Waals surface area contributed by atoms with Crippen molar-refractivity contribution in [1.82, 2.24) is 5.32 Å². The SMILES string of the molecule is O=C1NC(=O)C2(O)C=CC(O)=CC12. The number of aliphatic hydroxyl groups excluding tert-OH is 1. The van der Waals surface area contributed by atoms with E-state index >= 15 is 0 Å². The van der Waals surface area contributed by atoms with Crippen molar-refractivity contribution in [1.29, 1.82) is 0 Å². The van der Waals surface area contributed by atoms with Crippen molar-refractivity contribution in [2.24, 2.45) is 5.92 Å². The number of allylic oxidation sites excluding steroid dienone is 1. The van der Waals surface area contributed by atoms with Crippen molar-refractivity contribution in [2.75, 3.05) is 0 Å². The van der Waals surface area contributed by atoms with Crippen molar-refractivity contribution in [3.05, 3.63) is 24.0 Å². The van der Waals surface area contributed by atoms with Crippen LogP contribution in [0.2, 0.25) is 0 Å². The zero-order chi connectivity index (χ0) is 9.64. The molecular formula is C8H7NO4. The van der Waals surface area contributed by atoms with Crippen LogP contribution in [0.4, 0.5) is 0 Å². The average molecular weight is 181 g/mol. The van der Waals surface area contributed by atoms with Gasteiger partial charge in [-0.15, -0.1) is 0 Å². The van der Waals surface area contributed by atoms with Gasteiger partial charge >= 0.3 is 0 Å². The predicted molar refractivity (Wildman–Crippen MR) is 41.4 cm³/mol. The van der Waals surface area contributed by atoms with E-state index in [9.17, 15) is 14.7 Å². The molecule has 1 aliphatic heterocycles. The summed E-state index contributed by atoms with van der Waals surface area (Å²) in [5, 5.41) is 20.7. The Kier molecular flexibility index (Phi) is 1.35. The molecule has 0 radical (unpaired) electrons. The molecule has 0 saturated carbocycles. The summed E-state index contributed by atoms with van der Waals surface area (Å²) >= 11 is 0. The summed E-state index contributed by atoms with van der Waals surface area (Å²) in [6.07, 6.45) is 3.46. The van der Waals surface area contributed by atoms with Gasteiger partial charge in [0.2, 0.25) is 5.91 Å². The molecule has 0 aromatic rings. The van der Waals surface area contributed by atoms with E-state index in [2.05, 4.69) is 0 Å². The van der Waals surface area contributed by atoms with Crippen LogP contribution in [0.3, 0.4) is 0 Å². The Bertz CT molecular complexity index is 357. The summed E-state index contributed by atoms with van der Waals surface area (Å²) < 4.78 is 0. The van der Waals surface area contributed by atoms with E-state index < -0.39 is 23.3 Å². The molecular weight excluding hydrogens is 174 g/mol. The van der Waals surface area contributed by atoms with Crippen LogP contribution in [0.15, 0.2) is 24.0 Å². The van der Waals surface area contributed by atoms with Crippen LogP contribution in [0, 0.1) is 5.92 Å². The molecule has 2 atom stereocenters. The molecule has 1 heterocycles. The zero-order valence-electron chi connectivity index (χ0n) is 6.52. The van der Waals surface area contributed by atoms with Gasteiger partial charge in [0.05, 0.1) is 0 Å². The van der Waals surface area contributed by atoms with E-state index in [1.165, 1.54) is 6.08 Å². The maximum atomic E-state index is 11.1. The molecule has 0 spiro atoms. The molecule has 2 aliphatic rings. The minimum atomic E-state index is -1.82. The van der Waals surface area contributed by atoms with Crippen LogP contribution >= 0.6 is 0 Å². The van der Waals surface area contributed by atoms with Gasteiger partial charge in [0.25, 0.3) is 5.91 Å². The van der Waals surface area contributed by atoms with E-state index in [1.54, 1.807) is 0 Å². The highest BCUT2D eigenvalue weighted by molar-refractivity contribution is 6.11. The van der Waals surface area contributed by atoms with Crippen LogP contribution in [0.5, 0.6) is 0 Å². The van der Waals surface area contributed by atoms with Crippen molar-refractivity contribution in [3.63, 3.8) is 0 Å². The Morgan fingerprint density at radius 2 is 2.15 bits per heavy atom. The summed E-state index contributed by atoms with van der Waals surface area (Å²) in [4.78, 5) is 22.2. The lowest BCUT2D eigenvalue weighted by atomic mass is 9.85. The van der Waals surface area contributed by atoms with Gasteiger partial charge < -0.3 is 10.2 Å². The van der Waals surface area contributed by atoms with Crippen LogP contribution in [0.25, 0.3) is 0 Å². The standard InChI is InChI=1S/C8H7NO4/c10-4-1-2-8(13)5(3-4)6(11)9-7(8)12/h1-3,5,10,13H,(H,9,11,12). The number of rotatable bonds is 0. The van der Waals surface area contributed by atoms with Crippen molar-refractivity contribution in [3.8, 4) is 0 Å². The van der Waals surface area contributed by atoms with Crippen LogP contribution in [-0.2, 0) is 9.59 Å². The fourth-order valence-electron chi connectivity index (χ4n) is 1.45. The molecule has 3 N–H and O–H groups in total. The molecule has 0 bridgehead atoms. The van der Waals surface area contributed by atoms with Crippen LogP contribution < -0.4 is 5.32 Å². The number of amides is 2. The first kappa shape index (κ1) is 8.00. The van der Waals surface area contributed by atoms with Gasteiger partial charge in [-0.05, 0) is 18.2 Å². The van der Waals surface area contributed by atoms with Crippen LogP contribution in [-0.4, -0.2) is 27.6 Å². The van der Waals surface area contributed by atoms with Gasteiger partial charge in [-0.1, -0.05) is 0 Å². The number of fused-ring (bicyclic) bond motifs is 1. The fourth-order valence-corrected chi connectivity index (χ4v) is 1.45. The second kappa shape index (κ2) is 2.20. The molecule has 2 unspecified atom stereocenters. The third-order valence-corrected chi connectivity index (χ3v) is 2.20. The minimum Gasteiger partial charge on any atom is -0.508 e. The molecule has 2 amide bonds. The molecule has 1 aliphatic carbocycles. The number of hydrogen-bond acceptors (Lipinski definition) is 4. The van der Waals surface area contributed by atoms with Crippen molar-refractivity contribution >= 4 is 11.8 Å². The van der Waals surface area contributed by atoms with Gasteiger partial charge in [0, 0.05) is 0 Å². The Morgan fingerprint density at radius 1 is 1.46 bits per heavy atom. The highest BCUT2D eigenvalue weighted by Crippen LogP contribution is 2.31. The molecule has 0 aromatic heterocycles. The molecule has 2 rings (SSSR count). The predicted octanol–water partition coefficient (Wildman–Crippen LogP) is -0.998. The normalized spacial score (nSPS) is 37.0. The van der Waals surface area contributed by atoms with Crippen molar-refractivity contribution in [2.45, 2.75) is 5.60 Å². The highest BCUT2D eigenvalue weighted by Gasteiger charge is 2.52. The average Bonchev–Trinajstić information content (AvgIpc) is 2.28. The smallest absolute Gasteiger partial charge is 0.263 e. The molecule has 1 fully saturated rings. The third kappa shape index (κ3) is 0.905. The maximum absolute atomic E-state index is 11.1. The highest BCUT2D eigenvalue weighted by atomic mass is 16.3. The number of hydrogen-bond donors (Lipinski definition) is 3. The molecule has 0 aromatic carbocycles. The third-order valence-electron chi connectivity index (χ3n) is 2.20. The van der Waals surface area contributed by atoms with Gasteiger partial charge in [-0.2, -0.15) is 0 Å². The van der Waals surface area contributed by atoms with E-state index in [0.29, 0.717) is 0 Å². The Morgan fingerprint density at radius 3 is 2.85 bits per heavy atom. The molecule has 5 heteroatoms. The lowest BCUT2D eigenvalue weighted by molar-refractivity contribution is -0.132.